The summed E-state index contributed by atoms with van der Waals surface area (Å²) in [5, 5.41) is 4.00. The third-order valence-electron chi connectivity index (χ3n) is 3.69. The van der Waals surface area contributed by atoms with Crippen molar-refractivity contribution in [1.29, 1.82) is 0 Å². The molecule has 0 bridgehead atoms. The van der Waals surface area contributed by atoms with E-state index >= 15 is 0 Å². The highest BCUT2D eigenvalue weighted by molar-refractivity contribution is 5.01. The monoisotopic (exact) mass is 255 g/mol. The molecule has 2 rings (SSSR count). The summed E-state index contributed by atoms with van der Waals surface area (Å²) in [7, 11) is 1.65. The van der Waals surface area contributed by atoms with E-state index in [0.29, 0.717) is 18.3 Å². The van der Waals surface area contributed by atoms with Gasteiger partial charge in [0.15, 0.2) is 0 Å². The summed E-state index contributed by atoms with van der Waals surface area (Å²) in [5.74, 6) is 1.10. The van der Waals surface area contributed by atoms with Crippen LogP contribution in [-0.2, 0) is 15.1 Å². The van der Waals surface area contributed by atoms with Gasteiger partial charge in [0.25, 0.3) is 5.89 Å². The number of nitrogens with two attached hydrogens (primary N) is 1. The molecule has 0 aliphatic carbocycles. The van der Waals surface area contributed by atoms with Gasteiger partial charge in [-0.15, -0.1) is 0 Å². The zero-order chi connectivity index (χ0) is 13.2. The lowest BCUT2D eigenvalue weighted by Gasteiger charge is -2.21. The van der Waals surface area contributed by atoms with E-state index in [4.69, 9.17) is 19.7 Å². The highest BCUT2D eigenvalue weighted by atomic mass is 16.5. The van der Waals surface area contributed by atoms with Crippen LogP contribution >= 0.6 is 0 Å². The minimum Gasteiger partial charge on any atom is -0.370 e. The van der Waals surface area contributed by atoms with Gasteiger partial charge in [-0.3, -0.25) is 0 Å². The van der Waals surface area contributed by atoms with Crippen LogP contribution in [0.2, 0.25) is 0 Å². The Labute approximate surface area is 107 Å². The van der Waals surface area contributed by atoms with Crippen molar-refractivity contribution in [3.63, 3.8) is 0 Å². The molecule has 0 radical (unpaired) electrons. The smallest absolute Gasteiger partial charge is 0.255 e. The van der Waals surface area contributed by atoms with Crippen molar-refractivity contribution in [2.45, 2.75) is 50.9 Å². The number of ether oxygens (including phenoxy) is 2. The van der Waals surface area contributed by atoms with Gasteiger partial charge in [0, 0.05) is 13.7 Å². The van der Waals surface area contributed by atoms with Gasteiger partial charge in [0.1, 0.15) is 11.7 Å². The van der Waals surface area contributed by atoms with Crippen molar-refractivity contribution in [2.24, 2.45) is 5.73 Å². The summed E-state index contributed by atoms with van der Waals surface area (Å²) in [6, 6.07) is 0. The van der Waals surface area contributed by atoms with Gasteiger partial charge in [-0.1, -0.05) is 12.1 Å². The van der Waals surface area contributed by atoms with Crippen molar-refractivity contribution in [3.05, 3.63) is 11.7 Å². The Kier molecular flexibility index (Phi) is 3.99. The third kappa shape index (κ3) is 2.41. The number of hydrogen-bond acceptors (Lipinski definition) is 6. The maximum atomic E-state index is 5.73. The fourth-order valence-electron chi connectivity index (χ4n) is 2.04. The first-order chi connectivity index (χ1) is 8.62. The Balaban J connectivity index is 2.11. The maximum absolute atomic E-state index is 5.73. The van der Waals surface area contributed by atoms with E-state index in [0.717, 1.165) is 19.3 Å². The van der Waals surface area contributed by atoms with Crippen molar-refractivity contribution < 1.29 is 14.0 Å². The summed E-state index contributed by atoms with van der Waals surface area (Å²) < 4.78 is 16.5. The van der Waals surface area contributed by atoms with E-state index in [2.05, 4.69) is 10.1 Å². The summed E-state index contributed by atoms with van der Waals surface area (Å²) in [6.45, 7) is 4.50. The average molecular weight is 255 g/mol. The van der Waals surface area contributed by atoms with Crippen LogP contribution < -0.4 is 5.73 Å². The van der Waals surface area contributed by atoms with E-state index in [1.165, 1.54) is 0 Å². The van der Waals surface area contributed by atoms with E-state index in [-0.39, 0.29) is 12.2 Å². The Hall–Kier alpha value is -0.980. The lowest BCUT2D eigenvalue weighted by atomic mass is 10.0. The van der Waals surface area contributed by atoms with Crippen LogP contribution in [0.3, 0.4) is 0 Å². The quantitative estimate of drug-likeness (QED) is 0.858. The molecule has 0 spiro atoms. The van der Waals surface area contributed by atoms with E-state index in [1.54, 1.807) is 7.11 Å². The molecule has 1 aliphatic heterocycles. The lowest BCUT2D eigenvalue weighted by Crippen LogP contribution is -2.25. The van der Waals surface area contributed by atoms with Crippen LogP contribution in [-0.4, -0.2) is 29.9 Å². The summed E-state index contributed by atoms with van der Waals surface area (Å²) in [6.07, 6.45) is 2.57. The molecule has 3 unspecified atom stereocenters. The highest BCUT2D eigenvalue weighted by Crippen LogP contribution is 2.33. The Morgan fingerprint density at radius 3 is 2.83 bits per heavy atom. The first kappa shape index (κ1) is 13.5. The van der Waals surface area contributed by atoms with Crippen LogP contribution in [0.15, 0.2) is 4.52 Å². The SMILES string of the molecule is CCC(C)(OC)c1noc(C2CCC(CN)O2)n1. The fraction of sp³-hybridized carbons (Fsp3) is 0.833. The zero-order valence-corrected chi connectivity index (χ0v) is 11.2. The van der Waals surface area contributed by atoms with Crippen LogP contribution in [0.4, 0.5) is 0 Å². The highest BCUT2D eigenvalue weighted by Gasteiger charge is 2.34. The molecule has 1 saturated heterocycles. The Morgan fingerprint density at radius 1 is 1.50 bits per heavy atom. The van der Waals surface area contributed by atoms with Gasteiger partial charge in [-0.25, -0.2) is 0 Å². The van der Waals surface area contributed by atoms with Crippen LogP contribution in [0.25, 0.3) is 0 Å². The van der Waals surface area contributed by atoms with E-state index in [9.17, 15) is 0 Å². The Morgan fingerprint density at radius 2 is 2.28 bits per heavy atom. The normalized spacial score (nSPS) is 27.3. The number of rotatable bonds is 5. The van der Waals surface area contributed by atoms with Crippen LogP contribution in [0, 0.1) is 0 Å². The molecule has 0 aromatic carbocycles. The molecular formula is C12H21N3O3. The van der Waals surface area contributed by atoms with Crippen molar-refractivity contribution in [1.82, 2.24) is 10.1 Å². The lowest BCUT2D eigenvalue weighted by molar-refractivity contribution is -0.0106. The van der Waals surface area contributed by atoms with E-state index in [1.807, 2.05) is 13.8 Å². The minimum absolute atomic E-state index is 0.102. The van der Waals surface area contributed by atoms with Gasteiger partial charge >= 0.3 is 0 Å². The molecule has 102 valence electrons. The first-order valence-corrected chi connectivity index (χ1v) is 6.37. The zero-order valence-electron chi connectivity index (χ0n) is 11.2. The molecule has 1 aliphatic rings. The predicted molar refractivity (Wildman–Crippen MR) is 64.9 cm³/mol. The number of aromatic nitrogens is 2. The predicted octanol–water partition coefficient (Wildman–Crippen LogP) is 1.52. The standard InChI is InChI=1S/C12H21N3O3/c1-4-12(2,16-3)11-14-10(18-15-11)9-6-5-8(7-13)17-9/h8-9H,4-7,13H2,1-3H3. The van der Waals surface area contributed by atoms with Crippen LogP contribution in [0.1, 0.15) is 50.9 Å². The fourth-order valence-corrected chi connectivity index (χ4v) is 2.04. The van der Waals surface area contributed by atoms with Gasteiger partial charge in [-0.2, -0.15) is 4.98 Å². The van der Waals surface area contributed by atoms with Crippen LogP contribution in [0.5, 0.6) is 0 Å². The molecule has 1 fully saturated rings. The molecular weight excluding hydrogens is 234 g/mol. The topological polar surface area (TPSA) is 83.4 Å². The second kappa shape index (κ2) is 5.34. The molecule has 6 nitrogen and oxygen atoms in total. The molecule has 18 heavy (non-hydrogen) atoms. The number of hydrogen-bond donors (Lipinski definition) is 1. The average Bonchev–Trinajstić information content (AvgIpc) is 3.05. The molecule has 2 heterocycles. The van der Waals surface area contributed by atoms with Gasteiger partial charge in [0.2, 0.25) is 5.82 Å². The molecule has 3 atom stereocenters. The van der Waals surface area contributed by atoms with Crippen molar-refractivity contribution in [3.8, 4) is 0 Å². The molecule has 1 aromatic heterocycles. The molecule has 2 N–H and O–H groups in total. The largest absolute Gasteiger partial charge is 0.370 e. The van der Waals surface area contributed by atoms with Crippen molar-refractivity contribution >= 4 is 0 Å². The van der Waals surface area contributed by atoms with Gasteiger partial charge < -0.3 is 19.7 Å². The summed E-state index contributed by atoms with van der Waals surface area (Å²) >= 11 is 0. The second-order valence-electron chi connectivity index (χ2n) is 4.80. The maximum Gasteiger partial charge on any atom is 0.255 e. The molecule has 1 aromatic rings. The summed E-state index contributed by atoms with van der Waals surface area (Å²) in [5.41, 5.74) is 5.07. The Bertz CT molecular complexity index is 390. The molecule has 6 heteroatoms. The van der Waals surface area contributed by atoms with Gasteiger partial charge in [0.05, 0.1) is 6.10 Å². The second-order valence-corrected chi connectivity index (χ2v) is 4.80. The minimum atomic E-state index is -0.506. The number of nitrogens with zero attached hydrogens (tertiary/aromatic N) is 2. The first-order valence-electron chi connectivity index (χ1n) is 6.37. The number of methoxy groups -OCH3 is 1. The molecule has 0 amide bonds. The summed E-state index contributed by atoms with van der Waals surface area (Å²) in [4.78, 5) is 4.41. The van der Waals surface area contributed by atoms with E-state index < -0.39 is 5.60 Å². The van der Waals surface area contributed by atoms with Crippen molar-refractivity contribution in [2.75, 3.05) is 13.7 Å². The molecule has 0 saturated carbocycles. The van der Waals surface area contributed by atoms with Gasteiger partial charge in [-0.05, 0) is 26.2 Å². The third-order valence-corrected chi connectivity index (χ3v) is 3.69.